The van der Waals surface area contributed by atoms with Crippen LogP contribution in [0.2, 0.25) is 0 Å². The molecule has 3 heteroatoms. The Kier molecular flexibility index (Phi) is 2.83. The van der Waals surface area contributed by atoms with Crippen LogP contribution in [0.5, 0.6) is 0 Å². The summed E-state index contributed by atoms with van der Waals surface area (Å²) in [5.74, 6) is 0.527. The van der Waals surface area contributed by atoms with Gasteiger partial charge in [0, 0.05) is 5.88 Å². The van der Waals surface area contributed by atoms with E-state index in [4.69, 9.17) is 11.6 Å². The highest BCUT2D eigenvalue weighted by Gasteiger charge is 2.01. The van der Waals surface area contributed by atoms with Crippen LogP contribution in [0.1, 0.15) is 23.9 Å². The number of alkyl halides is 1. The van der Waals surface area contributed by atoms with E-state index >= 15 is 0 Å². The topological polar surface area (TPSA) is 25.8 Å². The summed E-state index contributed by atoms with van der Waals surface area (Å²) in [4.78, 5) is 0. The number of aryl methyl sites for hydroxylation is 2. The highest BCUT2D eigenvalue weighted by atomic mass is 35.5. The third-order valence-corrected chi connectivity index (χ3v) is 1.85. The molecular formula is C8H11ClN2. The lowest BCUT2D eigenvalue weighted by atomic mass is 10.2. The molecule has 0 saturated heterocycles. The van der Waals surface area contributed by atoms with E-state index in [-0.39, 0.29) is 0 Å². The second-order valence-corrected chi connectivity index (χ2v) is 2.71. The molecule has 0 aromatic carbocycles. The molecule has 0 bridgehead atoms. The van der Waals surface area contributed by atoms with Gasteiger partial charge in [-0.3, -0.25) is 0 Å². The highest BCUT2D eigenvalue weighted by Crippen LogP contribution is 2.09. The molecule has 0 amide bonds. The van der Waals surface area contributed by atoms with Gasteiger partial charge in [-0.15, -0.1) is 11.6 Å². The van der Waals surface area contributed by atoms with E-state index in [0.29, 0.717) is 5.88 Å². The number of rotatable bonds is 2. The van der Waals surface area contributed by atoms with E-state index in [1.807, 2.05) is 13.0 Å². The highest BCUT2D eigenvalue weighted by molar-refractivity contribution is 6.17. The summed E-state index contributed by atoms with van der Waals surface area (Å²) < 4.78 is 0. The Labute approximate surface area is 71.6 Å². The Morgan fingerprint density at radius 1 is 1.45 bits per heavy atom. The van der Waals surface area contributed by atoms with Crippen molar-refractivity contribution in [1.29, 1.82) is 0 Å². The number of hydrogen-bond donors (Lipinski definition) is 0. The molecule has 0 unspecified atom stereocenters. The van der Waals surface area contributed by atoms with Gasteiger partial charge in [-0.25, -0.2) is 0 Å². The van der Waals surface area contributed by atoms with E-state index in [1.165, 1.54) is 0 Å². The van der Waals surface area contributed by atoms with Gasteiger partial charge in [0.15, 0.2) is 0 Å². The van der Waals surface area contributed by atoms with Crippen LogP contribution < -0.4 is 0 Å². The molecule has 0 radical (unpaired) electrons. The lowest BCUT2D eigenvalue weighted by Gasteiger charge is -2.01. The van der Waals surface area contributed by atoms with E-state index in [1.54, 1.807) is 0 Å². The van der Waals surface area contributed by atoms with Crippen LogP contribution in [-0.2, 0) is 12.3 Å². The molecular weight excluding hydrogens is 160 g/mol. The molecule has 0 N–H and O–H groups in total. The summed E-state index contributed by atoms with van der Waals surface area (Å²) in [7, 11) is 0. The first-order chi connectivity index (χ1) is 5.27. The molecule has 0 aliphatic carbocycles. The van der Waals surface area contributed by atoms with Gasteiger partial charge in [-0.05, 0) is 25.0 Å². The second kappa shape index (κ2) is 3.67. The average molecular weight is 171 g/mol. The molecule has 0 spiro atoms. The van der Waals surface area contributed by atoms with Crippen molar-refractivity contribution in [3.05, 3.63) is 23.0 Å². The van der Waals surface area contributed by atoms with Crippen LogP contribution in [0.3, 0.4) is 0 Å². The third-order valence-electron chi connectivity index (χ3n) is 1.56. The van der Waals surface area contributed by atoms with E-state index in [2.05, 4.69) is 17.1 Å². The molecule has 2 nitrogen and oxygen atoms in total. The normalized spacial score (nSPS) is 10.1. The Hall–Kier alpha value is -0.630. The molecule has 1 aromatic heterocycles. The minimum atomic E-state index is 0.527. The van der Waals surface area contributed by atoms with Crippen LogP contribution in [0.15, 0.2) is 6.07 Å². The summed E-state index contributed by atoms with van der Waals surface area (Å²) in [5, 5.41) is 7.98. The lowest BCUT2D eigenvalue weighted by molar-refractivity contribution is 0.872. The van der Waals surface area contributed by atoms with Gasteiger partial charge in [-0.2, -0.15) is 10.2 Å². The zero-order chi connectivity index (χ0) is 8.27. The predicted octanol–water partition coefficient (Wildman–Crippen LogP) is 2.09. The number of nitrogens with zero attached hydrogens (tertiary/aromatic N) is 2. The minimum absolute atomic E-state index is 0.527. The van der Waals surface area contributed by atoms with E-state index in [0.717, 1.165) is 23.4 Å². The smallest absolute Gasteiger partial charge is 0.0672 e. The minimum Gasteiger partial charge on any atom is -0.156 e. The summed E-state index contributed by atoms with van der Waals surface area (Å²) in [6.07, 6.45) is 0.898. The van der Waals surface area contributed by atoms with Gasteiger partial charge in [-0.1, -0.05) is 6.92 Å². The maximum Gasteiger partial charge on any atom is 0.0672 e. The summed E-state index contributed by atoms with van der Waals surface area (Å²) >= 11 is 5.72. The fourth-order valence-electron chi connectivity index (χ4n) is 0.981. The van der Waals surface area contributed by atoms with Crippen LogP contribution >= 0.6 is 11.6 Å². The van der Waals surface area contributed by atoms with E-state index < -0.39 is 0 Å². The Bertz CT molecular complexity index is 248. The molecule has 1 aromatic rings. The molecule has 0 aliphatic heterocycles. The zero-order valence-corrected chi connectivity index (χ0v) is 7.52. The number of aromatic nitrogens is 2. The van der Waals surface area contributed by atoms with Crippen molar-refractivity contribution in [1.82, 2.24) is 10.2 Å². The maximum atomic E-state index is 5.72. The first-order valence-corrected chi connectivity index (χ1v) is 4.19. The van der Waals surface area contributed by atoms with Crippen LogP contribution in [0, 0.1) is 6.92 Å². The Balaban J connectivity index is 3.06. The molecule has 0 saturated carbocycles. The third kappa shape index (κ3) is 1.90. The van der Waals surface area contributed by atoms with Crippen molar-refractivity contribution >= 4 is 11.6 Å². The van der Waals surface area contributed by atoms with Crippen molar-refractivity contribution < 1.29 is 0 Å². The monoisotopic (exact) mass is 170 g/mol. The summed E-state index contributed by atoms with van der Waals surface area (Å²) in [6, 6.07) is 1.98. The zero-order valence-electron chi connectivity index (χ0n) is 6.76. The summed E-state index contributed by atoms with van der Waals surface area (Å²) in [6.45, 7) is 3.97. The van der Waals surface area contributed by atoms with Crippen molar-refractivity contribution in [3.8, 4) is 0 Å². The van der Waals surface area contributed by atoms with Gasteiger partial charge < -0.3 is 0 Å². The molecule has 60 valence electrons. The van der Waals surface area contributed by atoms with Crippen molar-refractivity contribution in [3.63, 3.8) is 0 Å². The standard InChI is InChI=1S/C8H11ClN2/c1-3-8-7(5-9)4-6(2)10-11-8/h4H,3,5H2,1-2H3. The van der Waals surface area contributed by atoms with Gasteiger partial charge in [0.25, 0.3) is 0 Å². The van der Waals surface area contributed by atoms with Gasteiger partial charge in [0.05, 0.1) is 11.4 Å². The Morgan fingerprint density at radius 2 is 2.18 bits per heavy atom. The predicted molar refractivity (Wildman–Crippen MR) is 45.7 cm³/mol. The first kappa shape index (κ1) is 8.47. The largest absolute Gasteiger partial charge is 0.156 e. The molecule has 1 heterocycles. The summed E-state index contributed by atoms with van der Waals surface area (Å²) in [5.41, 5.74) is 3.03. The van der Waals surface area contributed by atoms with Crippen molar-refractivity contribution in [2.45, 2.75) is 26.1 Å². The van der Waals surface area contributed by atoms with Gasteiger partial charge >= 0.3 is 0 Å². The molecule has 1 rings (SSSR count). The second-order valence-electron chi connectivity index (χ2n) is 2.44. The van der Waals surface area contributed by atoms with Gasteiger partial charge in [0.2, 0.25) is 0 Å². The van der Waals surface area contributed by atoms with Crippen LogP contribution in [0.4, 0.5) is 0 Å². The van der Waals surface area contributed by atoms with Crippen LogP contribution in [-0.4, -0.2) is 10.2 Å². The maximum absolute atomic E-state index is 5.72. The van der Waals surface area contributed by atoms with Gasteiger partial charge in [0.1, 0.15) is 0 Å². The lowest BCUT2D eigenvalue weighted by Crippen LogP contribution is -1.98. The first-order valence-electron chi connectivity index (χ1n) is 3.66. The Morgan fingerprint density at radius 3 is 2.73 bits per heavy atom. The number of hydrogen-bond acceptors (Lipinski definition) is 2. The van der Waals surface area contributed by atoms with Crippen LogP contribution in [0.25, 0.3) is 0 Å². The van der Waals surface area contributed by atoms with Crippen molar-refractivity contribution in [2.75, 3.05) is 0 Å². The van der Waals surface area contributed by atoms with E-state index in [9.17, 15) is 0 Å². The van der Waals surface area contributed by atoms with Crippen molar-refractivity contribution in [2.24, 2.45) is 0 Å². The molecule has 0 fully saturated rings. The fourth-order valence-corrected chi connectivity index (χ4v) is 1.21. The number of halogens is 1. The fraction of sp³-hybridized carbons (Fsp3) is 0.500. The molecule has 0 aliphatic rings. The molecule has 0 atom stereocenters. The molecule has 11 heavy (non-hydrogen) atoms. The average Bonchev–Trinajstić information content (AvgIpc) is 2.04. The quantitative estimate of drug-likeness (QED) is 0.636. The SMILES string of the molecule is CCc1nnc(C)cc1CCl.